The molecule has 246 valence electrons. The number of aryl methyl sites for hydroxylation is 2. The summed E-state index contributed by atoms with van der Waals surface area (Å²) in [5.41, 5.74) is 6.13. The van der Waals surface area contributed by atoms with E-state index in [1.54, 1.807) is 23.0 Å². The van der Waals surface area contributed by atoms with Gasteiger partial charge in [0.05, 0.1) is 29.9 Å². The summed E-state index contributed by atoms with van der Waals surface area (Å²) < 4.78 is 15.7. The standard InChI is InChI=1S/C38H37N3O5S2/c1-7-46-37(44)33-27-14-10-11-15-29(27)47-36(33)40-20(2)18-25(22(40)4)19-30-35(43)41-34(31(23(5)42)21(3)39-38(41)48-30)32-26-13-9-8-12-24(26)16-17-28(32)45-6/h8-9,12-13,16-19,34H,7,10-11,14-15H2,1-6H3/b30-19+. The van der Waals surface area contributed by atoms with Gasteiger partial charge in [-0.25, -0.2) is 9.79 Å². The van der Waals surface area contributed by atoms with Gasteiger partial charge in [-0.15, -0.1) is 11.3 Å². The first-order valence-electron chi connectivity index (χ1n) is 16.2. The minimum Gasteiger partial charge on any atom is -0.496 e. The second-order valence-electron chi connectivity index (χ2n) is 12.3. The molecule has 1 atom stereocenters. The van der Waals surface area contributed by atoms with E-state index >= 15 is 0 Å². The molecule has 3 aromatic heterocycles. The zero-order chi connectivity index (χ0) is 33.9. The molecule has 2 aromatic carbocycles. The molecule has 0 spiro atoms. The first kappa shape index (κ1) is 32.0. The highest BCUT2D eigenvalue weighted by molar-refractivity contribution is 7.15. The van der Waals surface area contributed by atoms with Crippen molar-refractivity contribution in [1.82, 2.24) is 9.13 Å². The van der Waals surface area contributed by atoms with Crippen LogP contribution in [0.3, 0.4) is 0 Å². The van der Waals surface area contributed by atoms with E-state index in [0.717, 1.165) is 69.5 Å². The Bertz CT molecular complexity index is 2370. The highest BCUT2D eigenvalue weighted by Gasteiger charge is 2.34. The third-order valence-corrected chi connectivity index (χ3v) is 11.7. The molecule has 0 bridgehead atoms. The number of thiophene rings is 1. The Morgan fingerprint density at radius 2 is 1.83 bits per heavy atom. The number of rotatable bonds is 7. The Hall–Kier alpha value is -4.54. The number of ether oxygens (including phenoxy) is 2. The van der Waals surface area contributed by atoms with E-state index in [9.17, 15) is 14.4 Å². The van der Waals surface area contributed by atoms with Crippen LogP contribution in [-0.4, -0.2) is 34.6 Å². The molecule has 0 fully saturated rings. The molecule has 0 N–H and O–H groups in total. The summed E-state index contributed by atoms with van der Waals surface area (Å²) in [6, 6.07) is 13.1. The fourth-order valence-electron chi connectivity index (χ4n) is 7.29. The van der Waals surface area contributed by atoms with Crippen LogP contribution in [0.15, 0.2) is 63.5 Å². The molecule has 1 aliphatic heterocycles. The lowest BCUT2D eigenvalue weighted by atomic mass is 9.89. The largest absolute Gasteiger partial charge is 0.496 e. The Labute approximate surface area is 286 Å². The summed E-state index contributed by atoms with van der Waals surface area (Å²) in [5, 5.41) is 2.77. The number of hydrogen-bond acceptors (Lipinski definition) is 8. The third kappa shape index (κ3) is 5.09. The average Bonchev–Trinajstić information content (AvgIpc) is 3.69. The Balaban J connectivity index is 1.43. The number of allylic oxidation sites excluding steroid dienone is 2. The smallest absolute Gasteiger partial charge is 0.341 e. The normalized spacial score (nSPS) is 16.1. The minimum atomic E-state index is -0.709. The molecule has 8 nitrogen and oxygen atoms in total. The maximum Gasteiger partial charge on any atom is 0.341 e. The van der Waals surface area contributed by atoms with E-state index in [1.165, 1.54) is 23.1 Å². The molecule has 10 heteroatoms. The van der Waals surface area contributed by atoms with Crippen LogP contribution in [0.5, 0.6) is 5.75 Å². The van der Waals surface area contributed by atoms with Crippen molar-refractivity contribution < 1.29 is 19.1 Å². The van der Waals surface area contributed by atoms with Gasteiger partial charge in [0.25, 0.3) is 5.56 Å². The number of hydrogen-bond donors (Lipinski definition) is 0. The topological polar surface area (TPSA) is 91.9 Å². The van der Waals surface area contributed by atoms with Crippen molar-refractivity contribution in [1.29, 1.82) is 0 Å². The van der Waals surface area contributed by atoms with Gasteiger partial charge in [0, 0.05) is 33.1 Å². The van der Waals surface area contributed by atoms with E-state index in [-0.39, 0.29) is 17.3 Å². The van der Waals surface area contributed by atoms with Crippen molar-refractivity contribution in [2.75, 3.05) is 13.7 Å². The SMILES string of the molecule is CCOC(=O)c1c(-n2c(C)cc(/C=c3/sc4n(c3=O)C(c3c(OC)ccc5ccccc35)C(C(C)=O)=C(C)N=4)c2C)sc2c1CCCC2. The van der Waals surface area contributed by atoms with Crippen LogP contribution in [0, 0.1) is 13.8 Å². The van der Waals surface area contributed by atoms with Crippen molar-refractivity contribution in [2.45, 2.75) is 66.3 Å². The fraction of sp³-hybridized carbons (Fsp3) is 0.316. The van der Waals surface area contributed by atoms with E-state index in [2.05, 4.69) is 10.6 Å². The van der Waals surface area contributed by atoms with Crippen LogP contribution in [0.2, 0.25) is 0 Å². The number of fused-ring (bicyclic) bond motifs is 3. The monoisotopic (exact) mass is 679 g/mol. The number of esters is 1. The maximum absolute atomic E-state index is 14.5. The van der Waals surface area contributed by atoms with Crippen molar-refractivity contribution in [3.05, 3.63) is 112 Å². The maximum atomic E-state index is 14.5. The number of benzene rings is 2. The predicted octanol–water partition coefficient (Wildman–Crippen LogP) is 6.51. The zero-order valence-corrected chi connectivity index (χ0v) is 29.6. The molecule has 2 aliphatic rings. The minimum absolute atomic E-state index is 0.148. The van der Waals surface area contributed by atoms with E-state index in [1.807, 2.05) is 70.2 Å². The van der Waals surface area contributed by atoms with E-state index < -0.39 is 6.04 Å². The average molecular weight is 680 g/mol. The molecular weight excluding hydrogens is 643 g/mol. The summed E-state index contributed by atoms with van der Waals surface area (Å²) in [7, 11) is 1.61. The van der Waals surface area contributed by atoms with Crippen LogP contribution >= 0.6 is 22.7 Å². The molecule has 0 amide bonds. The zero-order valence-electron chi connectivity index (χ0n) is 27.9. The second-order valence-corrected chi connectivity index (χ2v) is 14.4. The molecule has 7 rings (SSSR count). The van der Waals surface area contributed by atoms with Crippen LogP contribution < -0.4 is 19.6 Å². The van der Waals surface area contributed by atoms with Crippen LogP contribution in [0.4, 0.5) is 0 Å². The van der Waals surface area contributed by atoms with Gasteiger partial charge in [-0.3, -0.25) is 14.2 Å². The van der Waals surface area contributed by atoms with Crippen molar-refractivity contribution >= 4 is 51.3 Å². The lowest BCUT2D eigenvalue weighted by Crippen LogP contribution is -2.39. The third-order valence-electron chi connectivity index (χ3n) is 9.42. The van der Waals surface area contributed by atoms with Gasteiger partial charge in [-0.2, -0.15) is 0 Å². The second kappa shape index (κ2) is 12.5. The lowest BCUT2D eigenvalue weighted by Gasteiger charge is -2.27. The molecule has 0 radical (unpaired) electrons. The van der Waals surface area contributed by atoms with Crippen LogP contribution in [0.1, 0.15) is 83.0 Å². The summed E-state index contributed by atoms with van der Waals surface area (Å²) >= 11 is 2.98. The number of carbonyl (C=O) groups excluding carboxylic acids is 2. The summed E-state index contributed by atoms with van der Waals surface area (Å²) in [6.45, 7) is 9.54. The van der Waals surface area contributed by atoms with Gasteiger partial charge in [-0.1, -0.05) is 41.7 Å². The number of Topliss-reactive ketones (excluding diaryl/α,β-unsaturated/α-hetero) is 1. The van der Waals surface area contributed by atoms with Crippen molar-refractivity contribution in [3.8, 4) is 10.8 Å². The van der Waals surface area contributed by atoms with E-state index in [0.29, 0.717) is 38.5 Å². The summed E-state index contributed by atoms with van der Waals surface area (Å²) in [5.74, 6) is 0.168. The molecule has 1 unspecified atom stereocenters. The van der Waals surface area contributed by atoms with Crippen molar-refractivity contribution in [2.24, 2.45) is 4.99 Å². The van der Waals surface area contributed by atoms with Gasteiger partial charge < -0.3 is 14.0 Å². The molecular formula is C38H37N3O5S2. The highest BCUT2D eigenvalue weighted by Crippen LogP contribution is 2.41. The highest BCUT2D eigenvalue weighted by atomic mass is 32.1. The summed E-state index contributed by atoms with van der Waals surface area (Å²) in [4.78, 5) is 47.6. The van der Waals surface area contributed by atoms with Crippen LogP contribution in [0.25, 0.3) is 21.8 Å². The molecule has 1 aliphatic carbocycles. The number of aromatic nitrogens is 2. The van der Waals surface area contributed by atoms with E-state index in [4.69, 9.17) is 14.5 Å². The summed E-state index contributed by atoms with van der Waals surface area (Å²) in [6.07, 6.45) is 5.91. The number of ketones is 1. The van der Waals surface area contributed by atoms with Crippen molar-refractivity contribution in [3.63, 3.8) is 0 Å². The molecule has 0 saturated carbocycles. The number of methoxy groups -OCH3 is 1. The Kier molecular flexibility index (Phi) is 8.33. The molecule has 4 heterocycles. The van der Waals surface area contributed by atoms with Gasteiger partial charge in [0.15, 0.2) is 10.6 Å². The molecule has 48 heavy (non-hydrogen) atoms. The van der Waals surface area contributed by atoms with Gasteiger partial charge in [0.1, 0.15) is 10.8 Å². The Morgan fingerprint density at radius 1 is 1.06 bits per heavy atom. The molecule has 0 saturated heterocycles. The quantitative estimate of drug-likeness (QED) is 0.183. The Morgan fingerprint density at radius 3 is 2.58 bits per heavy atom. The van der Waals surface area contributed by atoms with Gasteiger partial charge in [0.2, 0.25) is 0 Å². The number of carbonyl (C=O) groups is 2. The first-order chi connectivity index (χ1) is 23.1. The van der Waals surface area contributed by atoms with Gasteiger partial charge in [-0.05, 0) is 100 Å². The molecule has 5 aromatic rings. The fourth-order valence-corrected chi connectivity index (χ4v) is 9.81. The van der Waals surface area contributed by atoms with Crippen LogP contribution in [-0.2, 0) is 22.4 Å². The number of nitrogens with zero attached hydrogens (tertiary/aromatic N) is 3. The van der Waals surface area contributed by atoms with Gasteiger partial charge >= 0.3 is 5.97 Å². The predicted molar refractivity (Wildman–Crippen MR) is 191 cm³/mol. The number of thiazole rings is 1. The lowest BCUT2D eigenvalue weighted by molar-refractivity contribution is -0.114. The first-order valence-corrected chi connectivity index (χ1v) is 17.9.